The Balaban J connectivity index is 1.35. The van der Waals surface area contributed by atoms with Gasteiger partial charge in [0.15, 0.2) is 0 Å². The fraction of sp³-hybridized carbons (Fsp3) is 0.238. The van der Waals surface area contributed by atoms with Crippen molar-refractivity contribution in [2.45, 2.75) is 11.4 Å². The number of anilines is 1. The number of benzene rings is 1. The molecule has 10 heteroatoms. The predicted octanol–water partition coefficient (Wildman–Crippen LogP) is 3.24. The first-order valence-corrected chi connectivity index (χ1v) is 12.4. The number of carbonyl (C=O) groups is 1. The predicted molar refractivity (Wildman–Crippen MR) is 122 cm³/mol. The van der Waals surface area contributed by atoms with Crippen LogP contribution < -0.4 is 9.62 Å². The molecule has 3 heterocycles. The number of pyridine rings is 1. The Morgan fingerprint density at radius 3 is 2.42 bits per heavy atom. The second-order valence-electron chi connectivity index (χ2n) is 7.04. The molecule has 0 unspecified atom stereocenters. The summed E-state index contributed by atoms with van der Waals surface area (Å²) < 4.78 is 27.5. The lowest BCUT2D eigenvalue weighted by Crippen LogP contribution is -2.49. The summed E-state index contributed by atoms with van der Waals surface area (Å²) in [6, 6.07) is 13.5. The molecule has 1 aromatic carbocycles. The van der Waals surface area contributed by atoms with Crippen LogP contribution in [-0.4, -0.2) is 50.4 Å². The summed E-state index contributed by atoms with van der Waals surface area (Å²) in [5.41, 5.74) is 0.468. The number of halogens is 1. The van der Waals surface area contributed by atoms with Crippen LogP contribution in [0.2, 0.25) is 5.02 Å². The van der Waals surface area contributed by atoms with Gasteiger partial charge in [-0.3, -0.25) is 4.79 Å². The number of nitrogens with zero attached hydrogens (tertiary/aromatic N) is 3. The summed E-state index contributed by atoms with van der Waals surface area (Å²) in [5, 5.41) is 2.49. The molecule has 0 aliphatic carbocycles. The van der Waals surface area contributed by atoms with Crippen molar-refractivity contribution in [1.82, 2.24) is 14.6 Å². The highest BCUT2D eigenvalue weighted by Gasteiger charge is 2.23. The summed E-state index contributed by atoms with van der Waals surface area (Å²) in [7, 11) is -3.64. The lowest BCUT2D eigenvalue weighted by molar-refractivity contribution is 0.0746. The van der Waals surface area contributed by atoms with Crippen molar-refractivity contribution in [2.24, 2.45) is 0 Å². The number of thiophene rings is 1. The largest absolute Gasteiger partial charge is 0.353 e. The van der Waals surface area contributed by atoms with E-state index in [1.54, 1.807) is 29.3 Å². The highest BCUT2D eigenvalue weighted by Crippen LogP contribution is 2.18. The Labute approximate surface area is 190 Å². The molecule has 0 saturated carbocycles. The van der Waals surface area contributed by atoms with Crippen molar-refractivity contribution in [1.29, 1.82) is 0 Å². The summed E-state index contributed by atoms with van der Waals surface area (Å²) in [5.74, 6) is 0.723. The molecule has 1 fully saturated rings. The van der Waals surface area contributed by atoms with E-state index in [4.69, 9.17) is 11.6 Å². The fourth-order valence-corrected chi connectivity index (χ4v) is 5.17. The molecule has 4 rings (SSSR count). The van der Waals surface area contributed by atoms with Gasteiger partial charge in [-0.05, 0) is 47.8 Å². The van der Waals surface area contributed by atoms with Crippen LogP contribution in [0.5, 0.6) is 0 Å². The molecule has 0 spiro atoms. The molecule has 2 aromatic heterocycles. The number of rotatable bonds is 6. The number of carbonyl (C=O) groups excluding carboxylic acids is 1. The zero-order chi connectivity index (χ0) is 21.8. The highest BCUT2D eigenvalue weighted by molar-refractivity contribution is 7.89. The first-order valence-electron chi connectivity index (χ1n) is 9.70. The summed E-state index contributed by atoms with van der Waals surface area (Å²) in [4.78, 5) is 22.1. The lowest BCUT2D eigenvalue weighted by atomic mass is 10.2. The van der Waals surface area contributed by atoms with Gasteiger partial charge in [0.25, 0.3) is 5.91 Å². The van der Waals surface area contributed by atoms with E-state index >= 15 is 0 Å². The maximum Gasteiger partial charge on any atom is 0.253 e. The standard InChI is InChI=1S/C21H21ClN4O3S2/c22-17-5-8-20(23-14-17)25-9-11-26(12-10-25)21(27)16-3-6-19(7-4-16)31(28,29)24-15-18-2-1-13-30-18/h1-8,13-14,24H,9-12,15H2. The van der Waals surface area contributed by atoms with Crippen molar-refractivity contribution < 1.29 is 13.2 Å². The number of amides is 1. The number of piperazine rings is 1. The molecule has 162 valence electrons. The van der Waals surface area contributed by atoms with Gasteiger partial charge in [0.1, 0.15) is 5.82 Å². The molecule has 0 bridgehead atoms. The third-order valence-corrected chi connectivity index (χ3v) is 7.55. The molecular weight excluding hydrogens is 456 g/mol. The van der Waals surface area contributed by atoms with E-state index in [-0.39, 0.29) is 17.3 Å². The van der Waals surface area contributed by atoms with Gasteiger partial charge in [-0.25, -0.2) is 18.1 Å². The Morgan fingerprint density at radius 1 is 1.06 bits per heavy atom. The molecule has 1 N–H and O–H groups in total. The van der Waals surface area contributed by atoms with Crippen molar-refractivity contribution >= 4 is 44.7 Å². The second kappa shape index (κ2) is 9.35. The van der Waals surface area contributed by atoms with Crippen LogP contribution in [0, 0.1) is 0 Å². The first kappa shape index (κ1) is 21.8. The smallest absolute Gasteiger partial charge is 0.253 e. The van der Waals surface area contributed by atoms with Crippen LogP contribution in [0.1, 0.15) is 15.2 Å². The third-order valence-electron chi connectivity index (χ3n) is 5.03. The van der Waals surface area contributed by atoms with Gasteiger partial charge in [0.2, 0.25) is 10.0 Å². The Morgan fingerprint density at radius 2 is 1.81 bits per heavy atom. The van der Waals surface area contributed by atoms with Crippen LogP contribution in [0.15, 0.2) is 65.0 Å². The number of nitrogens with one attached hydrogen (secondary N) is 1. The average molecular weight is 477 g/mol. The number of sulfonamides is 1. The molecule has 1 amide bonds. The molecule has 1 saturated heterocycles. The van der Waals surface area contributed by atoms with E-state index in [0.29, 0.717) is 36.8 Å². The Kier molecular flexibility index (Phi) is 6.57. The zero-order valence-electron chi connectivity index (χ0n) is 16.6. The molecule has 1 aliphatic heterocycles. The average Bonchev–Trinajstić information content (AvgIpc) is 3.32. The zero-order valence-corrected chi connectivity index (χ0v) is 19.0. The minimum Gasteiger partial charge on any atom is -0.353 e. The number of hydrogen-bond acceptors (Lipinski definition) is 6. The summed E-state index contributed by atoms with van der Waals surface area (Å²) >= 11 is 7.38. The Hall–Kier alpha value is -2.46. The van der Waals surface area contributed by atoms with Crippen LogP contribution in [0.4, 0.5) is 5.82 Å². The van der Waals surface area contributed by atoms with E-state index in [1.807, 2.05) is 23.6 Å². The first-order chi connectivity index (χ1) is 14.9. The highest BCUT2D eigenvalue weighted by atomic mass is 35.5. The van der Waals surface area contributed by atoms with Crippen LogP contribution >= 0.6 is 22.9 Å². The van der Waals surface area contributed by atoms with Gasteiger partial charge in [-0.15, -0.1) is 11.3 Å². The van der Waals surface area contributed by atoms with Gasteiger partial charge >= 0.3 is 0 Å². The number of aromatic nitrogens is 1. The van der Waals surface area contributed by atoms with Gasteiger partial charge in [-0.1, -0.05) is 17.7 Å². The quantitative estimate of drug-likeness (QED) is 0.590. The molecule has 3 aromatic rings. The third kappa shape index (κ3) is 5.24. The topological polar surface area (TPSA) is 82.6 Å². The van der Waals surface area contributed by atoms with E-state index < -0.39 is 10.0 Å². The molecule has 31 heavy (non-hydrogen) atoms. The minimum absolute atomic E-state index is 0.112. The van der Waals surface area contributed by atoms with Gasteiger partial charge < -0.3 is 9.80 Å². The summed E-state index contributed by atoms with van der Waals surface area (Å²) in [6.45, 7) is 2.70. The number of hydrogen-bond donors (Lipinski definition) is 1. The molecule has 0 radical (unpaired) electrons. The van der Waals surface area contributed by atoms with Crippen LogP contribution in [-0.2, 0) is 16.6 Å². The van der Waals surface area contributed by atoms with Gasteiger partial charge in [-0.2, -0.15) is 0 Å². The molecule has 0 atom stereocenters. The monoisotopic (exact) mass is 476 g/mol. The van der Waals surface area contributed by atoms with Crippen molar-refractivity contribution in [3.8, 4) is 0 Å². The van der Waals surface area contributed by atoms with E-state index in [2.05, 4.69) is 14.6 Å². The van der Waals surface area contributed by atoms with Gasteiger partial charge in [0, 0.05) is 49.4 Å². The molecule has 7 nitrogen and oxygen atoms in total. The minimum atomic E-state index is -3.64. The maximum atomic E-state index is 12.8. The fourth-order valence-electron chi connectivity index (χ4n) is 3.32. The molecule has 1 aliphatic rings. The summed E-state index contributed by atoms with van der Waals surface area (Å²) in [6.07, 6.45) is 1.61. The molecular formula is C21H21ClN4O3S2. The SMILES string of the molecule is O=C(c1ccc(S(=O)(=O)NCc2cccs2)cc1)N1CCN(c2ccc(Cl)cn2)CC1. The van der Waals surface area contributed by atoms with Crippen LogP contribution in [0.3, 0.4) is 0 Å². The van der Waals surface area contributed by atoms with E-state index in [1.165, 1.54) is 23.5 Å². The van der Waals surface area contributed by atoms with E-state index in [0.717, 1.165) is 10.7 Å². The van der Waals surface area contributed by atoms with Crippen molar-refractivity contribution in [3.05, 3.63) is 75.6 Å². The van der Waals surface area contributed by atoms with Gasteiger partial charge in [0.05, 0.1) is 9.92 Å². The normalized spacial score (nSPS) is 14.6. The van der Waals surface area contributed by atoms with Crippen LogP contribution in [0.25, 0.3) is 0 Å². The lowest BCUT2D eigenvalue weighted by Gasteiger charge is -2.35. The van der Waals surface area contributed by atoms with Crippen molar-refractivity contribution in [3.63, 3.8) is 0 Å². The van der Waals surface area contributed by atoms with Crippen molar-refractivity contribution in [2.75, 3.05) is 31.1 Å². The van der Waals surface area contributed by atoms with E-state index in [9.17, 15) is 13.2 Å². The maximum absolute atomic E-state index is 12.8. The Bertz CT molecular complexity index is 1130. The second-order valence-corrected chi connectivity index (χ2v) is 10.3.